The topological polar surface area (TPSA) is 69.7 Å². The molecule has 1 aliphatic rings. The van der Waals surface area contributed by atoms with E-state index in [-0.39, 0.29) is 18.1 Å². The Morgan fingerprint density at radius 3 is 2.85 bits per heavy atom. The molecule has 0 saturated carbocycles. The van der Waals surface area contributed by atoms with Crippen molar-refractivity contribution in [3.05, 3.63) is 60.4 Å². The average Bonchev–Trinajstić information content (AvgIpc) is 2.69. The minimum atomic E-state index is -0.176. The lowest BCUT2D eigenvalue weighted by Crippen LogP contribution is -2.50. The third kappa shape index (κ3) is 5.82. The molecule has 1 aliphatic heterocycles. The maximum absolute atomic E-state index is 12.2. The number of nitrogens with one attached hydrogen (secondary N) is 1. The van der Waals surface area contributed by atoms with Crippen molar-refractivity contribution < 1.29 is 19.0 Å². The molecule has 1 fully saturated rings. The van der Waals surface area contributed by atoms with Crippen LogP contribution in [0, 0.1) is 0 Å². The molecule has 0 aliphatic carbocycles. The molecule has 0 unspecified atom stereocenters. The molecule has 0 spiro atoms. The summed E-state index contributed by atoms with van der Waals surface area (Å²) in [4.78, 5) is 16.5. The largest absolute Gasteiger partial charge is 0.493 e. The van der Waals surface area contributed by atoms with Gasteiger partial charge in [0.1, 0.15) is 11.9 Å². The third-order valence-electron chi connectivity index (χ3n) is 4.16. The van der Waals surface area contributed by atoms with Gasteiger partial charge in [0.2, 0.25) is 5.91 Å². The molecule has 1 aromatic carbocycles. The number of ether oxygens (including phenoxy) is 3. The van der Waals surface area contributed by atoms with Crippen LogP contribution in [0.25, 0.3) is 0 Å². The number of pyridine rings is 1. The zero-order valence-electron chi connectivity index (χ0n) is 14.7. The monoisotopic (exact) mass is 356 g/mol. The molecule has 0 radical (unpaired) electrons. The average molecular weight is 356 g/mol. The quantitative estimate of drug-likeness (QED) is 0.786. The Morgan fingerprint density at radius 1 is 1.19 bits per heavy atom. The molecule has 2 aromatic rings. The van der Waals surface area contributed by atoms with E-state index in [9.17, 15) is 4.79 Å². The smallest absolute Gasteiger partial charge is 0.223 e. The fourth-order valence-electron chi connectivity index (χ4n) is 2.77. The van der Waals surface area contributed by atoms with Gasteiger partial charge in [-0.1, -0.05) is 24.3 Å². The number of rotatable bonds is 8. The minimum Gasteiger partial charge on any atom is -0.493 e. The molecule has 6 nitrogen and oxygen atoms in total. The molecule has 2 heterocycles. The zero-order valence-corrected chi connectivity index (χ0v) is 14.7. The zero-order chi connectivity index (χ0) is 18.0. The number of hydrogen-bond donors (Lipinski definition) is 1. The Hall–Kier alpha value is -2.44. The van der Waals surface area contributed by atoms with E-state index in [1.807, 2.05) is 48.5 Å². The van der Waals surface area contributed by atoms with E-state index in [0.717, 1.165) is 17.9 Å². The molecular formula is C20H24N2O4. The Kier molecular flexibility index (Phi) is 6.98. The summed E-state index contributed by atoms with van der Waals surface area (Å²) in [6, 6.07) is 15.1. The molecule has 1 amide bonds. The second-order valence-corrected chi connectivity index (χ2v) is 6.12. The van der Waals surface area contributed by atoms with Crippen LogP contribution < -0.4 is 10.1 Å². The standard InChI is InChI=1S/C20H24N2O4/c23-20(10-13-25-17-7-2-1-3-8-17)22-18-9-12-24-15-19(18)26-14-16-6-4-5-11-21-16/h1-8,11,18-19H,9-10,12-15H2,(H,22,23)/t18-,19-/m1/s1. The lowest BCUT2D eigenvalue weighted by Gasteiger charge is -2.32. The van der Waals surface area contributed by atoms with E-state index in [0.29, 0.717) is 32.8 Å². The lowest BCUT2D eigenvalue weighted by atomic mass is 10.1. The number of amides is 1. The predicted molar refractivity (Wildman–Crippen MR) is 96.7 cm³/mol. The number of benzene rings is 1. The van der Waals surface area contributed by atoms with Crippen molar-refractivity contribution in [2.75, 3.05) is 19.8 Å². The molecule has 26 heavy (non-hydrogen) atoms. The van der Waals surface area contributed by atoms with Crippen LogP contribution in [0.15, 0.2) is 54.7 Å². The van der Waals surface area contributed by atoms with Crippen LogP contribution >= 0.6 is 0 Å². The Morgan fingerprint density at radius 2 is 2.04 bits per heavy atom. The summed E-state index contributed by atoms with van der Waals surface area (Å²) >= 11 is 0. The first-order valence-electron chi connectivity index (χ1n) is 8.88. The van der Waals surface area contributed by atoms with E-state index in [1.165, 1.54) is 0 Å². The second kappa shape index (κ2) is 9.89. The van der Waals surface area contributed by atoms with Crippen LogP contribution in [0.2, 0.25) is 0 Å². The normalized spacial score (nSPS) is 19.7. The number of hydrogen-bond acceptors (Lipinski definition) is 5. The lowest BCUT2D eigenvalue weighted by molar-refractivity contribution is -0.127. The molecular weight excluding hydrogens is 332 g/mol. The van der Waals surface area contributed by atoms with E-state index >= 15 is 0 Å². The molecule has 6 heteroatoms. The molecule has 1 aromatic heterocycles. The number of carbonyl (C=O) groups is 1. The molecule has 3 rings (SSSR count). The summed E-state index contributed by atoms with van der Waals surface area (Å²) in [6.07, 6.45) is 2.60. The van der Waals surface area contributed by atoms with Gasteiger partial charge in [0, 0.05) is 12.8 Å². The van der Waals surface area contributed by atoms with Gasteiger partial charge in [-0.25, -0.2) is 0 Å². The SMILES string of the molecule is O=C(CCOc1ccccc1)N[C@@H]1CCOC[C@H]1OCc1ccccn1. The highest BCUT2D eigenvalue weighted by molar-refractivity contribution is 5.76. The highest BCUT2D eigenvalue weighted by Gasteiger charge is 2.28. The van der Waals surface area contributed by atoms with E-state index in [2.05, 4.69) is 10.3 Å². The fraction of sp³-hybridized carbons (Fsp3) is 0.400. The number of para-hydroxylation sites is 1. The number of carbonyl (C=O) groups excluding carboxylic acids is 1. The summed E-state index contributed by atoms with van der Waals surface area (Å²) in [6.45, 7) is 1.84. The van der Waals surface area contributed by atoms with Crippen LogP contribution in [-0.4, -0.2) is 42.9 Å². The van der Waals surface area contributed by atoms with Gasteiger partial charge < -0.3 is 19.5 Å². The Balaban J connectivity index is 1.42. The van der Waals surface area contributed by atoms with Crippen LogP contribution in [0.1, 0.15) is 18.5 Å². The summed E-state index contributed by atoms with van der Waals surface area (Å²) in [5.41, 5.74) is 0.861. The Labute approximate surface area is 153 Å². The van der Waals surface area contributed by atoms with Crippen molar-refractivity contribution in [3.63, 3.8) is 0 Å². The van der Waals surface area contributed by atoms with Crippen LogP contribution in [-0.2, 0) is 20.9 Å². The summed E-state index contributed by atoms with van der Waals surface area (Å²) in [7, 11) is 0. The molecule has 0 bridgehead atoms. The molecule has 1 N–H and O–H groups in total. The van der Waals surface area contributed by atoms with Gasteiger partial charge in [0.25, 0.3) is 0 Å². The summed E-state index contributed by atoms with van der Waals surface area (Å²) in [5, 5.41) is 3.05. The second-order valence-electron chi connectivity index (χ2n) is 6.12. The maximum Gasteiger partial charge on any atom is 0.223 e. The van der Waals surface area contributed by atoms with Gasteiger partial charge in [-0.15, -0.1) is 0 Å². The van der Waals surface area contributed by atoms with E-state index in [1.54, 1.807) is 6.20 Å². The third-order valence-corrected chi connectivity index (χ3v) is 4.16. The van der Waals surface area contributed by atoms with Crippen molar-refractivity contribution in [2.45, 2.75) is 31.6 Å². The van der Waals surface area contributed by atoms with Gasteiger partial charge in [-0.2, -0.15) is 0 Å². The first kappa shape index (κ1) is 18.4. The number of aromatic nitrogens is 1. The van der Waals surface area contributed by atoms with Crippen molar-refractivity contribution >= 4 is 5.91 Å². The molecule has 138 valence electrons. The minimum absolute atomic E-state index is 0.0423. The van der Waals surface area contributed by atoms with Gasteiger partial charge >= 0.3 is 0 Å². The van der Waals surface area contributed by atoms with Crippen molar-refractivity contribution in [1.29, 1.82) is 0 Å². The number of nitrogens with zero attached hydrogens (tertiary/aromatic N) is 1. The van der Waals surface area contributed by atoms with Gasteiger partial charge in [-0.3, -0.25) is 9.78 Å². The highest BCUT2D eigenvalue weighted by atomic mass is 16.5. The predicted octanol–water partition coefficient (Wildman–Crippen LogP) is 2.34. The first-order chi connectivity index (χ1) is 12.8. The van der Waals surface area contributed by atoms with E-state index < -0.39 is 0 Å². The molecule has 2 atom stereocenters. The van der Waals surface area contributed by atoms with Crippen LogP contribution in [0.3, 0.4) is 0 Å². The van der Waals surface area contributed by atoms with Gasteiger partial charge in [0.15, 0.2) is 0 Å². The summed E-state index contributed by atoms with van der Waals surface area (Å²) < 4.78 is 17.0. The molecule has 1 saturated heterocycles. The van der Waals surface area contributed by atoms with Crippen molar-refractivity contribution in [2.24, 2.45) is 0 Å². The van der Waals surface area contributed by atoms with Crippen molar-refractivity contribution in [3.8, 4) is 5.75 Å². The first-order valence-corrected chi connectivity index (χ1v) is 8.88. The van der Waals surface area contributed by atoms with Crippen LogP contribution in [0.5, 0.6) is 5.75 Å². The summed E-state index contributed by atoms with van der Waals surface area (Å²) in [5.74, 6) is 0.724. The van der Waals surface area contributed by atoms with Gasteiger partial charge in [-0.05, 0) is 30.7 Å². The van der Waals surface area contributed by atoms with E-state index in [4.69, 9.17) is 14.2 Å². The highest BCUT2D eigenvalue weighted by Crippen LogP contribution is 2.14. The maximum atomic E-state index is 12.2. The van der Waals surface area contributed by atoms with Crippen molar-refractivity contribution in [1.82, 2.24) is 10.3 Å². The van der Waals surface area contributed by atoms with Gasteiger partial charge in [0.05, 0.1) is 38.0 Å². The van der Waals surface area contributed by atoms with Crippen LogP contribution in [0.4, 0.5) is 0 Å². The fourth-order valence-corrected chi connectivity index (χ4v) is 2.77. The Bertz CT molecular complexity index is 666.